The summed E-state index contributed by atoms with van der Waals surface area (Å²) in [5.41, 5.74) is 0.831. The van der Waals surface area contributed by atoms with Gasteiger partial charge in [-0.15, -0.1) is 0 Å². The van der Waals surface area contributed by atoms with Crippen LogP contribution in [0.5, 0.6) is 0 Å². The summed E-state index contributed by atoms with van der Waals surface area (Å²) < 4.78 is 50.8. The quantitative estimate of drug-likeness (QED) is 0.804. The molecular weight excluding hydrogens is 388 g/mol. The number of hydrogen-bond acceptors (Lipinski definition) is 5. The highest BCUT2D eigenvalue weighted by Crippen LogP contribution is 2.24. The van der Waals surface area contributed by atoms with Crippen LogP contribution in [0.3, 0.4) is 0 Å². The lowest BCUT2D eigenvalue weighted by Gasteiger charge is -2.21. The summed E-state index contributed by atoms with van der Waals surface area (Å²) in [6.45, 7) is 2.71. The van der Waals surface area contributed by atoms with Gasteiger partial charge in [-0.3, -0.25) is 4.79 Å². The average Bonchev–Trinajstić information content (AvgIpc) is 2.80. The first-order valence-electron chi connectivity index (χ1n) is 9.31. The van der Waals surface area contributed by atoms with Crippen molar-refractivity contribution in [1.29, 1.82) is 0 Å². The summed E-state index contributed by atoms with van der Waals surface area (Å²) in [5.74, 6) is -0.436. The van der Waals surface area contributed by atoms with Crippen molar-refractivity contribution in [2.75, 3.05) is 24.6 Å². The van der Waals surface area contributed by atoms with E-state index in [9.17, 15) is 21.6 Å². The van der Waals surface area contributed by atoms with E-state index >= 15 is 0 Å². The van der Waals surface area contributed by atoms with Crippen LogP contribution in [-0.4, -0.2) is 57.7 Å². The van der Waals surface area contributed by atoms with Crippen molar-refractivity contribution in [2.45, 2.75) is 50.0 Å². The third-order valence-electron chi connectivity index (χ3n) is 5.20. The standard InChI is InChI=1S/C18H26N2O5S2/c1-14-6-7-15(18(21)19-16-8-11-26(22,23)13-16)12-17(14)27(24,25)20-9-4-2-3-5-10-20/h6-7,12,16H,2-5,8-11,13H2,1H3,(H,19,21)/t16-/m1/s1. The number of carbonyl (C=O) groups is 1. The van der Waals surface area contributed by atoms with Gasteiger partial charge in [-0.2, -0.15) is 4.31 Å². The van der Waals surface area contributed by atoms with Gasteiger partial charge in [-0.25, -0.2) is 16.8 Å². The number of aryl methyl sites for hydroxylation is 1. The second-order valence-corrected chi connectivity index (χ2v) is 11.5. The Balaban J connectivity index is 1.82. The minimum absolute atomic E-state index is 0.0659. The van der Waals surface area contributed by atoms with Crippen LogP contribution in [-0.2, 0) is 19.9 Å². The van der Waals surface area contributed by atoms with Crippen LogP contribution in [0, 0.1) is 6.92 Å². The molecule has 9 heteroatoms. The molecule has 0 bridgehead atoms. The van der Waals surface area contributed by atoms with E-state index in [0.717, 1.165) is 25.7 Å². The highest BCUT2D eigenvalue weighted by Gasteiger charge is 2.30. The van der Waals surface area contributed by atoms with Gasteiger partial charge in [0.05, 0.1) is 16.4 Å². The molecule has 2 saturated heterocycles. The van der Waals surface area contributed by atoms with E-state index in [1.54, 1.807) is 19.1 Å². The second-order valence-electron chi connectivity index (χ2n) is 7.37. The predicted molar refractivity (Wildman–Crippen MR) is 103 cm³/mol. The minimum Gasteiger partial charge on any atom is -0.348 e. The second kappa shape index (κ2) is 7.89. The molecule has 1 aromatic rings. The summed E-state index contributed by atoms with van der Waals surface area (Å²) in [5, 5.41) is 2.71. The first kappa shape index (κ1) is 20.3. The molecule has 1 N–H and O–H groups in total. The average molecular weight is 415 g/mol. The van der Waals surface area contributed by atoms with E-state index < -0.39 is 31.8 Å². The fraction of sp³-hybridized carbons (Fsp3) is 0.611. The molecule has 0 spiro atoms. The van der Waals surface area contributed by atoms with Crippen molar-refractivity contribution in [3.8, 4) is 0 Å². The van der Waals surface area contributed by atoms with Gasteiger partial charge in [0.25, 0.3) is 5.91 Å². The third kappa shape index (κ3) is 4.70. The van der Waals surface area contributed by atoms with E-state index in [1.807, 2.05) is 0 Å². The first-order valence-corrected chi connectivity index (χ1v) is 12.6. The molecule has 150 valence electrons. The zero-order valence-electron chi connectivity index (χ0n) is 15.5. The molecule has 2 aliphatic heterocycles. The van der Waals surface area contributed by atoms with Crippen molar-refractivity contribution in [3.63, 3.8) is 0 Å². The fourth-order valence-corrected chi connectivity index (χ4v) is 7.06. The number of nitrogens with zero attached hydrogens (tertiary/aromatic N) is 1. The molecule has 0 saturated carbocycles. The zero-order chi connectivity index (χ0) is 19.7. The van der Waals surface area contributed by atoms with Crippen LogP contribution in [0.15, 0.2) is 23.1 Å². The molecule has 0 aliphatic carbocycles. The van der Waals surface area contributed by atoms with Gasteiger partial charge in [-0.05, 0) is 43.9 Å². The topological polar surface area (TPSA) is 101 Å². The molecule has 0 unspecified atom stereocenters. The lowest BCUT2D eigenvalue weighted by molar-refractivity contribution is 0.0941. The minimum atomic E-state index is -3.66. The van der Waals surface area contributed by atoms with Gasteiger partial charge >= 0.3 is 0 Å². The largest absolute Gasteiger partial charge is 0.348 e. The van der Waals surface area contributed by atoms with Crippen LogP contribution < -0.4 is 5.32 Å². The molecule has 7 nitrogen and oxygen atoms in total. The zero-order valence-corrected chi connectivity index (χ0v) is 17.1. The lowest BCUT2D eigenvalue weighted by atomic mass is 10.1. The number of hydrogen-bond donors (Lipinski definition) is 1. The number of rotatable bonds is 4. The van der Waals surface area contributed by atoms with E-state index in [2.05, 4.69) is 5.32 Å². The number of sulfone groups is 1. The Kier molecular flexibility index (Phi) is 5.93. The van der Waals surface area contributed by atoms with Crippen LogP contribution >= 0.6 is 0 Å². The Bertz CT molecular complexity index is 917. The van der Waals surface area contributed by atoms with Crippen LogP contribution in [0.1, 0.15) is 48.0 Å². The lowest BCUT2D eigenvalue weighted by Crippen LogP contribution is -2.36. The summed E-state index contributed by atoms with van der Waals surface area (Å²) in [7, 11) is -6.76. The molecule has 2 heterocycles. The SMILES string of the molecule is Cc1ccc(C(=O)N[C@@H]2CCS(=O)(=O)C2)cc1S(=O)(=O)N1CCCCCC1. The van der Waals surface area contributed by atoms with Crippen LogP contribution in [0.2, 0.25) is 0 Å². The molecular formula is C18H26N2O5S2. The molecule has 2 fully saturated rings. The van der Waals surface area contributed by atoms with Gasteiger partial charge in [0.2, 0.25) is 10.0 Å². The maximum absolute atomic E-state index is 13.1. The van der Waals surface area contributed by atoms with E-state index in [1.165, 1.54) is 10.4 Å². The predicted octanol–water partition coefficient (Wildman–Crippen LogP) is 1.48. The number of sulfonamides is 1. The highest BCUT2D eigenvalue weighted by atomic mass is 32.2. The van der Waals surface area contributed by atoms with Crippen molar-refractivity contribution in [1.82, 2.24) is 9.62 Å². The third-order valence-corrected chi connectivity index (χ3v) is 9.01. The number of nitrogens with one attached hydrogen (secondary N) is 1. The van der Waals surface area contributed by atoms with Gasteiger partial charge in [0.15, 0.2) is 9.84 Å². The van der Waals surface area contributed by atoms with Crippen molar-refractivity contribution in [3.05, 3.63) is 29.3 Å². The fourth-order valence-electron chi connectivity index (χ4n) is 3.62. The van der Waals surface area contributed by atoms with Gasteiger partial charge < -0.3 is 5.32 Å². The van der Waals surface area contributed by atoms with Gasteiger partial charge in [0, 0.05) is 24.7 Å². The Morgan fingerprint density at radius 2 is 1.81 bits per heavy atom. The summed E-state index contributed by atoms with van der Waals surface area (Å²) >= 11 is 0. The number of carbonyl (C=O) groups excluding carboxylic acids is 1. The van der Waals surface area contributed by atoms with E-state index in [0.29, 0.717) is 25.1 Å². The molecule has 0 radical (unpaired) electrons. The molecule has 27 heavy (non-hydrogen) atoms. The van der Waals surface area contributed by atoms with E-state index in [-0.39, 0.29) is 22.0 Å². The molecule has 2 aliphatic rings. The number of benzene rings is 1. The Labute approximate surface area is 161 Å². The summed E-state index contributed by atoms with van der Waals surface area (Å²) in [6.07, 6.45) is 4.12. The summed E-state index contributed by atoms with van der Waals surface area (Å²) in [4.78, 5) is 12.7. The van der Waals surface area contributed by atoms with E-state index in [4.69, 9.17) is 0 Å². The Hall–Kier alpha value is -1.45. The Morgan fingerprint density at radius 3 is 2.41 bits per heavy atom. The van der Waals surface area contributed by atoms with Gasteiger partial charge in [0.1, 0.15) is 0 Å². The molecule has 1 atom stereocenters. The van der Waals surface area contributed by atoms with Crippen molar-refractivity contribution in [2.24, 2.45) is 0 Å². The normalized spacial score (nSPS) is 23.7. The molecule has 1 amide bonds. The summed E-state index contributed by atoms with van der Waals surface area (Å²) in [6, 6.07) is 4.20. The van der Waals surface area contributed by atoms with Gasteiger partial charge in [-0.1, -0.05) is 18.9 Å². The number of amides is 1. The smallest absolute Gasteiger partial charge is 0.251 e. The highest BCUT2D eigenvalue weighted by molar-refractivity contribution is 7.91. The van der Waals surface area contributed by atoms with Crippen molar-refractivity contribution < 1.29 is 21.6 Å². The Morgan fingerprint density at radius 1 is 1.15 bits per heavy atom. The first-order chi connectivity index (χ1) is 12.7. The monoisotopic (exact) mass is 414 g/mol. The maximum Gasteiger partial charge on any atom is 0.251 e. The maximum atomic E-state index is 13.1. The molecule has 3 rings (SSSR count). The molecule has 1 aromatic carbocycles. The van der Waals surface area contributed by atoms with Crippen LogP contribution in [0.4, 0.5) is 0 Å². The molecule has 0 aromatic heterocycles. The van der Waals surface area contributed by atoms with Crippen molar-refractivity contribution >= 4 is 25.8 Å². The van der Waals surface area contributed by atoms with Crippen LogP contribution in [0.25, 0.3) is 0 Å².